The van der Waals surface area contributed by atoms with E-state index in [9.17, 15) is 0 Å². The van der Waals surface area contributed by atoms with Crippen LogP contribution >= 0.6 is 0 Å². The molecule has 0 atom stereocenters. The number of pyridine rings is 1. The Kier molecular flexibility index (Phi) is 4.96. The minimum absolute atomic E-state index is 0.540. The van der Waals surface area contributed by atoms with Crippen molar-refractivity contribution in [2.45, 2.75) is 33.1 Å². The van der Waals surface area contributed by atoms with E-state index in [0.29, 0.717) is 5.92 Å². The van der Waals surface area contributed by atoms with Gasteiger partial charge in [0.15, 0.2) is 0 Å². The second-order valence-corrected chi connectivity index (χ2v) is 5.63. The zero-order chi connectivity index (χ0) is 14.5. The SMILES string of the molecule is CNCCCNc1cc(C)nc2ccc(C(C)C)cc12. The van der Waals surface area contributed by atoms with Crippen LogP contribution in [-0.2, 0) is 0 Å². The molecule has 0 aliphatic rings. The number of rotatable bonds is 6. The van der Waals surface area contributed by atoms with Crippen LogP contribution in [0.5, 0.6) is 0 Å². The van der Waals surface area contributed by atoms with E-state index >= 15 is 0 Å². The van der Waals surface area contributed by atoms with Gasteiger partial charge in [0, 0.05) is 23.3 Å². The molecule has 2 N–H and O–H groups in total. The minimum atomic E-state index is 0.540. The molecule has 0 radical (unpaired) electrons. The van der Waals surface area contributed by atoms with Gasteiger partial charge in [-0.05, 0) is 56.6 Å². The van der Waals surface area contributed by atoms with Crippen molar-refractivity contribution in [2.75, 3.05) is 25.5 Å². The van der Waals surface area contributed by atoms with E-state index in [1.165, 1.54) is 16.6 Å². The Morgan fingerprint density at radius 3 is 2.65 bits per heavy atom. The molecule has 3 heteroatoms. The van der Waals surface area contributed by atoms with Crippen molar-refractivity contribution in [3.63, 3.8) is 0 Å². The molecule has 3 nitrogen and oxygen atoms in total. The highest BCUT2D eigenvalue weighted by molar-refractivity contribution is 5.92. The van der Waals surface area contributed by atoms with Crippen LogP contribution in [0.3, 0.4) is 0 Å². The summed E-state index contributed by atoms with van der Waals surface area (Å²) in [4.78, 5) is 4.63. The van der Waals surface area contributed by atoms with Crippen LogP contribution in [0.25, 0.3) is 10.9 Å². The summed E-state index contributed by atoms with van der Waals surface area (Å²) in [5.74, 6) is 0.540. The molecule has 0 amide bonds. The van der Waals surface area contributed by atoms with Gasteiger partial charge in [0.05, 0.1) is 5.52 Å². The number of fused-ring (bicyclic) bond motifs is 1. The average Bonchev–Trinajstić information content (AvgIpc) is 2.42. The zero-order valence-electron chi connectivity index (χ0n) is 13.0. The lowest BCUT2D eigenvalue weighted by Gasteiger charge is -2.13. The summed E-state index contributed by atoms with van der Waals surface area (Å²) in [5, 5.41) is 7.95. The number of hydrogen-bond donors (Lipinski definition) is 2. The second-order valence-electron chi connectivity index (χ2n) is 5.63. The molecular weight excluding hydrogens is 246 g/mol. The Morgan fingerprint density at radius 2 is 1.95 bits per heavy atom. The van der Waals surface area contributed by atoms with Gasteiger partial charge >= 0.3 is 0 Å². The topological polar surface area (TPSA) is 37.0 Å². The Morgan fingerprint density at radius 1 is 1.15 bits per heavy atom. The summed E-state index contributed by atoms with van der Waals surface area (Å²) < 4.78 is 0. The largest absolute Gasteiger partial charge is 0.384 e. The molecule has 1 aromatic carbocycles. The van der Waals surface area contributed by atoms with Gasteiger partial charge in [-0.1, -0.05) is 19.9 Å². The highest BCUT2D eigenvalue weighted by Crippen LogP contribution is 2.27. The Balaban J connectivity index is 2.32. The molecule has 108 valence electrons. The second kappa shape index (κ2) is 6.71. The maximum atomic E-state index is 4.63. The molecule has 0 saturated heterocycles. The van der Waals surface area contributed by atoms with Crippen molar-refractivity contribution >= 4 is 16.6 Å². The normalized spacial score (nSPS) is 11.2. The van der Waals surface area contributed by atoms with Crippen LogP contribution in [-0.4, -0.2) is 25.1 Å². The number of nitrogens with one attached hydrogen (secondary N) is 2. The van der Waals surface area contributed by atoms with Crippen LogP contribution < -0.4 is 10.6 Å². The third-order valence-electron chi connectivity index (χ3n) is 3.55. The van der Waals surface area contributed by atoms with Crippen LogP contribution in [0.15, 0.2) is 24.3 Å². The van der Waals surface area contributed by atoms with Crippen molar-refractivity contribution in [2.24, 2.45) is 0 Å². The van der Waals surface area contributed by atoms with E-state index in [1.807, 2.05) is 7.05 Å². The van der Waals surface area contributed by atoms with Gasteiger partial charge in [0.1, 0.15) is 0 Å². The van der Waals surface area contributed by atoms with Crippen molar-refractivity contribution in [3.05, 3.63) is 35.5 Å². The van der Waals surface area contributed by atoms with Crippen molar-refractivity contribution in [1.29, 1.82) is 0 Å². The van der Waals surface area contributed by atoms with Crippen molar-refractivity contribution in [1.82, 2.24) is 10.3 Å². The van der Waals surface area contributed by atoms with E-state index < -0.39 is 0 Å². The summed E-state index contributed by atoms with van der Waals surface area (Å²) in [6.45, 7) is 8.51. The molecule has 0 saturated carbocycles. The number of aryl methyl sites for hydroxylation is 1. The molecule has 1 aromatic heterocycles. The fourth-order valence-electron chi connectivity index (χ4n) is 2.37. The molecule has 20 heavy (non-hydrogen) atoms. The van der Waals surface area contributed by atoms with Gasteiger partial charge in [-0.15, -0.1) is 0 Å². The zero-order valence-corrected chi connectivity index (χ0v) is 13.0. The summed E-state index contributed by atoms with van der Waals surface area (Å²) >= 11 is 0. The first-order chi connectivity index (χ1) is 9.61. The highest BCUT2D eigenvalue weighted by Gasteiger charge is 2.07. The summed E-state index contributed by atoms with van der Waals surface area (Å²) in [6, 6.07) is 8.74. The molecule has 0 bridgehead atoms. The first-order valence-corrected chi connectivity index (χ1v) is 7.41. The van der Waals surface area contributed by atoms with Gasteiger partial charge in [-0.25, -0.2) is 0 Å². The first-order valence-electron chi connectivity index (χ1n) is 7.41. The lowest BCUT2D eigenvalue weighted by molar-refractivity contribution is 0.748. The molecule has 0 aliphatic heterocycles. The van der Waals surface area contributed by atoms with E-state index in [2.05, 4.69) is 60.7 Å². The standard InChI is InChI=1S/C17H25N3/c1-12(2)14-6-7-16-15(11-14)17(10-13(3)20-16)19-9-5-8-18-4/h6-7,10-12,18H,5,8-9H2,1-4H3,(H,19,20). The monoisotopic (exact) mass is 271 g/mol. The fourth-order valence-corrected chi connectivity index (χ4v) is 2.37. The Hall–Kier alpha value is -1.61. The van der Waals surface area contributed by atoms with Gasteiger partial charge in [0.2, 0.25) is 0 Å². The molecule has 0 spiro atoms. The maximum Gasteiger partial charge on any atom is 0.0726 e. The molecule has 2 rings (SSSR count). The molecule has 0 aliphatic carbocycles. The Bertz CT molecular complexity index is 576. The fraction of sp³-hybridized carbons (Fsp3) is 0.471. The van der Waals surface area contributed by atoms with Gasteiger partial charge in [0.25, 0.3) is 0 Å². The van der Waals surface area contributed by atoms with E-state index in [1.54, 1.807) is 0 Å². The average molecular weight is 271 g/mol. The van der Waals surface area contributed by atoms with Crippen molar-refractivity contribution in [3.8, 4) is 0 Å². The van der Waals surface area contributed by atoms with Crippen molar-refractivity contribution < 1.29 is 0 Å². The number of anilines is 1. The highest BCUT2D eigenvalue weighted by atomic mass is 14.9. The Labute approximate surface area is 121 Å². The molecular formula is C17H25N3. The minimum Gasteiger partial charge on any atom is -0.384 e. The third-order valence-corrected chi connectivity index (χ3v) is 3.55. The van der Waals surface area contributed by atoms with E-state index in [0.717, 1.165) is 30.7 Å². The van der Waals surface area contributed by atoms with Gasteiger partial charge < -0.3 is 10.6 Å². The van der Waals surface area contributed by atoms with Gasteiger partial charge in [-0.3, -0.25) is 4.98 Å². The van der Waals surface area contributed by atoms with Crippen LogP contribution in [0, 0.1) is 6.92 Å². The lowest BCUT2D eigenvalue weighted by atomic mass is 10.00. The summed E-state index contributed by atoms with van der Waals surface area (Å²) in [7, 11) is 1.99. The quantitative estimate of drug-likeness (QED) is 0.787. The maximum absolute atomic E-state index is 4.63. The van der Waals surface area contributed by atoms with Gasteiger partial charge in [-0.2, -0.15) is 0 Å². The summed E-state index contributed by atoms with van der Waals surface area (Å²) in [5.41, 5.74) is 4.70. The molecule has 1 heterocycles. The first kappa shape index (κ1) is 14.8. The molecule has 2 aromatic rings. The number of nitrogens with zero attached hydrogens (tertiary/aromatic N) is 1. The number of hydrogen-bond acceptors (Lipinski definition) is 3. The van der Waals surface area contributed by atoms with Crippen LogP contribution in [0.4, 0.5) is 5.69 Å². The number of benzene rings is 1. The molecule has 0 unspecified atom stereocenters. The molecule has 0 fully saturated rings. The van der Waals surface area contributed by atoms with E-state index in [4.69, 9.17) is 0 Å². The predicted molar refractivity (Wildman–Crippen MR) is 87.6 cm³/mol. The van der Waals surface area contributed by atoms with Crippen LogP contribution in [0.1, 0.15) is 37.4 Å². The van der Waals surface area contributed by atoms with Crippen LogP contribution in [0.2, 0.25) is 0 Å². The predicted octanol–water partition coefficient (Wildman–Crippen LogP) is 3.69. The third kappa shape index (κ3) is 3.48. The lowest BCUT2D eigenvalue weighted by Crippen LogP contribution is -2.13. The summed E-state index contributed by atoms with van der Waals surface area (Å²) in [6.07, 6.45) is 1.11. The number of aromatic nitrogens is 1. The smallest absolute Gasteiger partial charge is 0.0726 e. The van der Waals surface area contributed by atoms with E-state index in [-0.39, 0.29) is 0 Å².